The second kappa shape index (κ2) is 7.81. The van der Waals surface area contributed by atoms with Crippen molar-refractivity contribution in [2.45, 2.75) is 32.7 Å². The van der Waals surface area contributed by atoms with Crippen molar-refractivity contribution in [2.24, 2.45) is 0 Å². The van der Waals surface area contributed by atoms with Gasteiger partial charge in [0.05, 0.1) is 25.9 Å². The number of likely N-dealkylation sites (tertiary alicyclic amines) is 1. The predicted molar refractivity (Wildman–Crippen MR) is 102 cm³/mol. The van der Waals surface area contributed by atoms with Crippen LogP contribution in [0.4, 0.5) is 5.69 Å². The molecule has 5 heteroatoms. The first-order valence-electron chi connectivity index (χ1n) is 8.63. The Morgan fingerprint density at radius 3 is 2.67 bits per heavy atom. The van der Waals surface area contributed by atoms with Crippen LogP contribution in [0.25, 0.3) is 0 Å². The quantitative estimate of drug-likeness (QED) is 0.730. The number of aryl methyl sites for hydroxylation is 2. The van der Waals surface area contributed by atoms with Gasteiger partial charge in [-0.05, 0) is 61.5 Å². The van der Waals surface area contributed by atoms with Crippen LogP contribution in [0.2, 0.25) is 0 Å². The highest BCUT2D eigenvalue weighted by Crippen LogP contribution is 2.14. The molecule has 1 atom stereocenters. The normalized spacial score (nSPS) is 16.1. The molecule has 3 rings (SSSR count). The van der Waals surface area contributed by atoms with E-state index in [1.807, 2.05) is 6.07 Å². The minimum atomic E-state index is 0.307. The van der Waals surface area contributed by atoms with Gasteiger partial charge in [0.1, 0.15) is 0 Å². The monoisotopic (exact) mass is 344 g/mol. The molecule has 1 aliphatic heterocycles. The fourth-order valence-electron chi connectivity index (χ4n) is 3.30. The Balaban J connectivity index is 1.59. The number of thiocarbonyl (C=S) groups is 1. The fraction of sp³-hybridized carbons (Fsp3) is 0.421. The molecular formula is C19H26N3OS+. The van der Waals surface area contributed by atoms with Crippen LogP contribution in [-0.4, -0.2) is 24.7 Å². The highest BCUT2D eigenvalue weighted by Gasteiger charge is 2.29. The summed E-state index contributed by atoms with van der Waals surface area (Å²) in [6.07, 6.45) is 4.33. The zero-order valence-corrected chi connectivity index (χ0v) is 15.2. The first kappa shape index (κ1) is 17.0. The van der Waals surface area contributed by atoms with Gasteiger partial charge in [-0.2, -0.15) is 0 Å². The van der Waals surface area contributed by atoms with E-state index in [4.69, 9.17) is 16.6 Å². The predicted octanol–water partition coefficient (Wildman–Crippen LogP) is 2.60. The van der Waals surface area contributed by atoms with Crippen molar-refractivity contribution in [3.05, 3.63) is 53.5 Å². The number of rotatable bonds is 5. The zero-order chi connectivity index (χ0) is 16.9. The van der Waals surface area contributed by atoms with E-state index in [2.05, 4.69) is 48.7 Å². The van der Waals surface area contributed by atoms with Gasteiger partial charge in [-0.3, -0.25) is 0 Å². The number of hydrogen-bond acceptors (Lipinski definition) is 2. The molecule has 0 amide bonds. The molecule has 0 bridgehead atoms. The Labute approximate surface area is 149 Å². The first-order valence-corrected chi connectivity index (χ1v) is 9.04. The number of benzene rings is 1. The number of furan rings is 1. The molecule has 0 saturated carbocycles. The van der Waals surface area contributed by atoms with Gasteiger partial charge in [0.2, 0.25) is 0 Å². The van der Waals surface area contributed by atoms with Crippen LogP contribution in [0.5, 0.6) is 0 Å². The third-order valence-electron chi connectivity index (χ3n) is 4.86. The van der Waals surface area contributed by atoms with Gasteiger partial charge in [0.15, 0.2) is 16.9 Å². The molecule has 2 heterocycles. The maximum atomic E-state index is 5.66. The standard InChI is InChI=1S/C19H25N3OS/c1-14-7-8-16(12-15(14)2)21-19(24)20-13-17(18-6-5-11-23-18)22-9-3-4-10-22/h5-8,11-12,17H,3-4,9-10,13H2,1-2H3,(H2,20,21,24)/p+1/t17-/m1/s1. The Bertz CT molecular complexity index is 678. The molecule has 1 aromatic carbocycles. The minimum Gasteiger partial charge on any atom is -0.463 e. The molecular weight excluding hydrogens is 318 g/mol. The van der Waals surface area contributed by atoms with E-state index in [-0.39, 0.29) is 0 Å². The van der Waals surface area contributed by atoms with Gasteiger partial charge in [-0.25, -0.2) is 0 Å². The molecule has 128 valence electrons. The van der Waals surface area contributed by atoms with Crippen molar-refractivity contribution in [3.8, 4) is 0 Å². The van der Waals surface area contributed by atoms with Crippen LogP contribution in [-0.2, 0) is 0 Å². The SMILES string of the molecule is Cc1ccc(NC(=S)NC[C@H](c2ccco2)[NH+]2CCCC2)cc1C. The summed E-state index contributed by atoms with van der Waals surface area (Å²) in [6, 6.07) is 10.6. The molecule has 3 N–H and O–H groups in total. The van der Waals surface area contributed by atoms with E-state index < -0.39 is 0 Å². The molecule has 4 nitrogen and oxygen atoms in total. The van der Waals surface area contributed by atoms with Crippen LogP contribution >= 0.6 is 12.2 Å². The lowest BCUT2D eigenvalue weighted by atomic mass is 10.1. The maximum Gasteiger partial charge on any atom is 0.171 e. The molecule has 1 saturated heterocycles. The van der Waals surface area contributed by atoms with Crippen LogP contribution in [0.15, 0.2) is 41.0 Å². The third-order valence-corrected chi connectivity index (χ3v) is 5.10. The van der Waals surface area contributed by atoms with Crippen LogP contribution in [0.1, 0.15) is 35.8 Å². The van der Waals surface area contributed by atoms with E-state index in [9.17, 15) is 0 Å². The summed E-state index contributed by atoms with van der Waals surface area (Å²) >= 11 is 5.47. The largest absolute Gasteiger partial charge is 0.463 e. The summed E-state index contributed by atoms with van der Waals surface area (Å²) < 4.78 is 5.66. The summed E-state index contributed by atoms with van der Waals surface area (Å²) in [6.45, 7) is 7.40. The van der Waals surface area contributed by atoms with Crippen LogP contribution < -0.4 is 15.5 Å². The molecule has 2 aromatic rings. The zero-order valence-electron chi connectivity index (χ0n) is 14.4. The highest BCUT2D eigenvalue weighted by molar-refractivity contribution is 7.80. The Morgan fingerprint density at radius 1 is 1.21 bits per heavy atom. The summed E-state index contributed by atoms with van der Waals surface area (Å²) in [5.41, 5.74) is 3.58. The van der Waals surface area contributed by atoms with Crippen molar-refractivity contribution in [1.82, 2.24) is 5.32 Å². The Hall–Kier alpha value is -1.85. The molecule has 0 spiro atoms. The lowest BCUT2D eigenvalue weighted by Crippen LogP contribution is -3.11. The van der Waals surface area contributed by atoms with Crippen molar-refractivity contribution >= 4 is 23.0 Å². The van der Waals surface area contributed by atoms with Gasteiger partial charge >= 0.3 is 0 Å². The van der Waals surface area contributed by atoms with Gasteiger partial charge < -0.3 is 20.0 Å². The lowest BCUT2D eigenvalue weighted by molar-refractivity contribution is -0.919. The molecule has 24 heavy (non-hydrogen) atoms. The van der Waals surface area contributed by atoms with Gasteiger partial charge in [0.25, 0.3) is 0 Å². The number of nitrogens with one attached hydrogen (secondary N) is 3. The van der Waals surface area contributed by atoms with E-state index in [0.717, 1.165) is 18.0 Å². The number of quaternary nitrogens is 1. The van der Waals surface area contributed by atoms with Gasteiger partial charge in [0, 0.05) is 18.5 Å². The summed E-state index contributed by atoms with van der Waals surface area (Å²) in [4.78, 5) is 1.58. The fourth-order valence-corrected chi connectivity index (χ4v) is 3.50. The van der Waals surface area contributed by atoms with Crippen molar-refractivity contribution < 1.29 is 9.32 Å². The Morgan fingerprint density at radius 2 is 2.00 bits per heavy atom. The van der Waals surface area contributed by atoms with E-state index in [1.165, 1.54) is 37.1 Å². The van der Waals surface area contributed by atoms with Crippen molar-refractivity contribution in [1.29, 1.82) is 0 Å². The summed E-state index contributed by atoms with van der Waals surface area (Å²) in [5, 5.41) is 7.31. The van der Waals surface area contributed by atoms with E-state index in [1.54, 1.807) is 11.2 Å². The third kappa shape index (κ3) is 4.16. The molecule has 0 radical (unpaired) electrons. The number of anilines is 1. The average molecular weight is 345 g/mol. The molecule has 1 aromatic heterocycles. The Kier molecular flexibility index (Phi) is 5.53. The van der Waals surface area contributed by atoms with Crippen LogP contribution in [0.3, 0.4) is 0 Å². The molecule has 1 fully saturated rings. The van der Waals surface area contributed by atoms with Crippen molar-refractivity contribution in [2.75, 3.05) is 25.0 Å². The topological polar surface area (TPSA) is 41.6 Å². The van der Waals surface area contributed by atoms with E-state index in [0.29, 0.717) is 11.2 Å². The highest BCUT2D eigenvalue weighted by atomic mass is 32.1. The van der Waals surface area contributed by atoms with Crippen LogP contribution in [0, 0.1) is 13.8 Å². The second-order valence-corrected chi connectivity index (χ2v) is 6.98. The van der Waals surface area contributed by atoms with E-state index >= 15 is 0 Å². The average Bonchev–Trinajstić information content (AvgIpc) is 3.25. The minimum absolute atomic E-state index is 0.307. The summed E-state index contributed by atoms with van der Waals surface area (Å²) in [7, 11) is 0. The maximum absolute atomic E-state index is 5.66. The molecule has 1 aliphatic rings. The summed E-state index contributed by atoms with van der Waals surface area (Å²) in [5.74, 6) is 1.04. The van der Waals surface area contributed by atoms with Crippen molar-refractivity contribution in [3.63, 3.8) is 0 Å². The van der Waals surface area contributed by atoms with Gasteiger partial charge in [-0.1, -0.05) is 6.07 Å². The smallest absolute Gasteiger partial charge is 0.171 e. The molecule has 0 unspecified atom stereocenters. The van der Waals surface area contributed by atoms with Gasteiger partial charge in [-0.15, -0.1) is 0 Å². The molecule has 0 aliphatic carbocycles. The lowest BCUT2D eigenvalue weighted by Gasteiger charge is -2.24. The second-order valence-electron chi connectivity index (χ2n) is 6.57. The number of hydrogen-bond donors (Lipinski definition) is 3. The first-order chi connectivity index (χ1) is 11.6.